The van der Waals surface area contributed by atoms with Crippen molar-refractivity contribution in [2.75, 3.05) is 7.05 Å². The van der Waals surface area contributed by atoms with Crippen LogP contribution in [0.15, 0.2) is 42.5 Å². The van der Waals surface area contributed by atoms with Crippen molar-refractivity contribution in [3.63, 3.8) is 0 Å². The molecule has 5 nitrogen and oxygen atoms in total. The minimum Gasteiger partial charge on any atom is -0.507 e. The Labute approximate surface area is 231 Å². The molecule has 0 unspecified atom stereocenters. The van der Waals surface area contributed by atoms with E-state index in [4.69, 9.17) is 0 Å². The molecule has 0 aliphatic carbocycles. The van der Waals surface area contributed by atoms with Crippen LogP contribution in [-0.2, 0) is 25.8 Å². The molecule has 6 heteroatoms. The summed E-state index contributed by atoms with van der Waals surface area (Å²) < 4.78 is 0. The number of Topliss-reactive ketones (excluding diaryl/α,β-unsaturated/α-hetero) is 1. The van der Waals surface area contributed by atoms with Crippen molar-refractivity contribution in [1.29, 1.82) is 0 Å². The van der Waals surface area contributed by atoms with Gasteiger partial charge in [-0.25, -0.2) is 0 Å². The van der Waals surface area contributed by atoms with Crippen LogP contribution in [0.3, 0.4) is 0 Å². The Morgan fingerprint density at radius 1 is 0.842 bits per heavy atom. The van der Waals surface area contributed by atoms with E-state index < -0.39 is 5.91 Å². The number of benzene rings is 2. The van der Waals surface area contributed by atoms with Crippen LogP contribution in [0, 0.1) is 6.92 Å². The predicted octanol–water partition coefficient (Wildman–Crippen LogP) is 7.63. The van der Waals surface area contributed by atoms with Gasteiger partial charge in [0.25, 0.3) is 5.91 Å². The maximum absolute atomic E-state index is 13.1. The van der Waals surface area contributed by atoms with Crippen molar-refractivity contribution < 1.29 is 19.8 Å². The average Bonchev–Trinajstić information content (AvgIpc) is 3.31. The second-order valence-corrected chi connectivity index (χ2v) is 11.5. The maximum Gasteiger partial charge on any atom is 0.257 e. The molecule has 2 aromatic carbocycles. The quantitative estimate of drug-likeness (QED) is 0.164. The highest BCUT2D eigenvalue weighted by Gasteiger charge is 2.22. The van der Waals surface area contributed by atoms with E-state index in [-0.39, 0.29) is 34.8 Å². The highest BCUT2D eigenvalue weighted by molar-refractivity contribution is 7.11. The molecule has 0 atom stereocenters. The van der Waals surface area contributed by atoms with Crippen molar-refractivity contribution >= 4 is 23.0 Å². The molecule has 3 aromatic rings. The van der Waals surface area contributed by atoms with Crippen LogP contribution in [0.5, 0.6) is 11.5 Å². The van der Waals surface area contributed by atoms with Gasteiger partial charge in [0.05, 0.1) is 17.7 Å². The maximum atomic E-state index is 13.1. The Morgan fingerprint density at radius 3 is 2.26 bits per heavy atom. The third-order valence-corrected chi connectivity index (χ3v) is 8.01. The van der Waals surface area contributed by atoms with E-state index in [2.05, 4.69) is 32.0 Å². The minimum atomic E-state index is -0.402. The fourth-order valence-corrected chi connectivity index (χ4v) is 5.72. The number of phenols is 2. The summed E-state index contributed by atoms with van der Waals surface area (Å²) in [4.78, 5) is 29.9. The number of amides is 1. The number of carbonyl (C=O) groups excluding carboxylic acids is 2. The molecule has 0 spiro atoms. The molecule has 38 heavy (non-hydrogen) atoms. The van der Waals surface area contributed by atoms with Gasteiger partial charge in [0.2, 0.25) is 0 Å². The van der Waals surface area contributed by atoms with E-state index in [0.717, 1.165) is 34.2 Å². The molecule has 0 aliphatic rings. The first-order valence-electron chi connectivity index (χ1n) is 13.7. The van der Waals surface area contributed by atoms with Gasteiger partial charge in [0, 0.05) is 29.3 Å². The summed E-state index contributed by atoms with van der Waals surface area (Å²) in [7, 11) is 1.66. The first kappa shape index (κ1) is 29.4. The van der Waals surface area contributed by atoms with Crippen molar-refractivity contribution in [2.24, 2.45) is 0 Å². The van der Waals surface area contributed by atoms with Crippen LogP contribution in [0.1, 0.15) is 99.5 Å². The highest BCUT2D eigenvalue weighted by Crippen LogP contribution is 2.30. The number of unbranched alkanes of at least 4 members (excludes halogenated alkanes) is 4. The van der Waals surface area contributed by atoms with Crippen molar-refractivity contribution in [1.82, 2.24) is 4.90 Å². The molecule has 0 aliphatic heterocycles. The lowest BCUT2D eigenvalue weighted by Crippen LogP contribution is -2.26. The molecule has 0 radical (unpaired) electrons. The Balaban J connectivity index is 1.67. The lowest BCUT2D eigenvalue weighted by molar-refractivity contribution is 0.0783. The van der Waals surface area contributed by atoms with E-state index in [1.807, 2.05) is 19.1 Å². The van der Waals surface area contributed by atoms with Gasteiger partial charge in [-0.15, -0.1) is 11.3 Å². The zero-order valence-corrected chi connectivity index (χ0v) is 24.0. The van der Waals surface area contributed by atoms with Gasteiger partial charge >= 0.3 is 0 Å². The summed E-state index contributed by atoms with van der Waals surface area (Å²) in [6.07, 6.45) is 9.03. The molecule has 1 heterocycles. The second kappa shape index (κ2) is 14.1. The van der Waals surface area contributed by atoms with Crippen LogP contribution < -0.4 is 0 Å². The van der Waals surface area contributed by atoms with Gasteiger partial charge in [-0.3, -0.25) is 9.59 Å². The number of aryl methyl sites for hydroxylation is 4. The van der Waals surface area contributed by atoms with E-state index >= 15 is 0 Å². The van der Waals surface area contributed by atoms with Crippen molar-refractivity contribution in [3.8, 4) is 11.5 Å². The zero-order chi connectivity index (χ0) is 27.7. The van der Waals surface area contributed by atoms with Gasteiger partial charge in [-0.05, 0) is 67.5 Å². The van der Waals surface area contributed by atoms with Gasteiger partial charge in [0.15, 0.2) is 5.78 Å². The number of carbonyl (C=O) groups is 2. The van der Waals surface area contributed by atoms with E-state index in [1.165, 1.54) is 54.2 Å². The lowest BCUT2D eigenvalue weighted by Gasteiger charge is -2.18. The highest BCUT2D eigenvalue weighted by atomic mass is 32.1. The number of nitrogens with zero attached hydrogens (tertiary/aromatic N) is 1. The van der Waals surface area contributed by atoms with Crippen LogP contribution in [0.25, 0.3) is 0 Å². The third-order valence-electron chi connectivity index (χ3n) is 7.02. The summed E-state index contributed by atoms with van der Waals surface area (Å²) in [5.74, 6) is -1.30. The van der Waals surface area contributed by atoms with Crippen LogP contribution >= 0.6 is 11.3 Å². The summed E-state index contributed by atoms with van der Waals surface area (Å²) in [6, 6.07) is 12.9. The number of thiophene rings is 1. The van der Waals surface area contributed by atoms with E-state index in [9.17, 15) is 19.8 Å². The smallest absolute Gasteiger partial charge is 0.257 e. The molecular formula is C32H41NO4S. The molecule has 0 fully saturated rings. The number of hydrogen-bond donors (Lipinski definition) is 2. The average molecular weight is 536 g/mol. The van der Waals surface area contributed by atoms with E-state index in [0.29, 0.717) is 13.0 Å². The molecule has 204 valence electrons. The number of rotatable bonds is 14. The first-order valence-corrected chi connectivity index (χ1v) is 14.6. The Kier molecular flexibility index (Phi) is 11.0. The largest absolute Gasteiger partial charge is 0.507 e. The topological polar surface area (TPSA) is 77.8 Å². The van der Waals surface area contributed by atoms with Gasteiger partial charge < -0.3 is 15.1 Å². The molecule has 1 amide bonds. The fourth-order valence-electron chi connectivity index (χ4n) is 4.78. The van der Waals surface area contributed by atoms with Crippen LogP contribution in [0.2, 0.25) is 0 Å². The standard InChI is InChI=1S/C32H41NO4S/c1-5-7-8-9-10-11-23-13-14-25(24(6-2)18-23)15-17-29(34)27-19-28(31(36)20-30(27)35)32(37)33(4)21-26-16-12-22(3)38-26/h12-14,16,18-20,35-36H,5-11,15,17,21H2,1-4H3. The minimum absolute atomic E-state index is 0.0134. The SMILES string of the molecule is CCCCCCCc1ccc(CCC(=O)c2cc(C(=O)N(C)Cc3ccc(C)s3)c(O)cc2O)c(CC)c1. The first-order chi connectivity index (χ1) is 18.2. The van der Waals surface area contributed by atoms with Crippen LogP contribution in [-0.4, -0.2) is 33.9 Å². The Hall–Kier alpha value is -3.12. The number of hydrogen-bond acceptors (Lipinski definition) is 5. The zero-order valence-electron chi connectivity index (χ0n) is 23.2. The molecule has 2 N–H and O–H groups in total. The Morgan fingerprint density at radius 2 is 1.58 bits per heavy atom. The molecular weight excluding hydrogens is 494 g/mol. The molecule has 0 saturated heterocycles. The molecule has 1 aromatic heterocycles. The molecule has 0 saturated carbocycles. The lowest BCUT2D eigenvalue weighted by atomic mass is 9.94. The molecule has 0 bridgehead atoms. The van der Waals surface area contributed by atoms with Crippen molar-refractivity contribution in [2.45, 2.75) is 85.1 Å². The summed E-state index contributed by atoms with van der Waals surface area (Å²) >= 11 is 1.61. The fraction of sp³-hybridized carbons (Fsp3) is 0.438. The molecule has 3 rings (SSSR count). The second-order valence-electron chi connectivity index (χ2n) is 10.1. The number of phenolic OH excluding ortho intramolecular Hbond substituents is 2. The summed E-state index contributed by atoms with van der Waals surface area (Å²) in [6.45, 7) is 6.76. The normalized spacial score (nSPS) is 11.1. The van der Waals surface area contributed by atoms with E-state index in [1.54, 1.807) is 18.4 Å². The monoisotopic (exact) mass is 535 g/mol. The van der Waals surface area contributed by atoms with Gasteiger partial charge in [-0.1, -0.05) is 57.7 Å². The van der Waals surface area contributed by atoms with Gasteiger partial charge in [-0.2, -0.15) is 0 Å². The summed E-state index contributed by atoms with van der Waals surface area (Å²) in [5, 5.41) is 20.8. The third kappa shape index (κ3) is 7.94. The number of ketones is 1. The van der Waals surface area contributed by atoms with Crippen LogP contribution in [0.4, 0.5) is 0 Å². The number of aromatic hydroxyl groups is 2. The predicted molar refractivity (Wildman–Crippen MR) is 156 cm³/mol. The summed E-state index contributed by atoms with van der Waals surface area (Å²) in [5.41, 5.74) is 3.80. The Bertz CT molecular complexity index is 1250. The van der Waals surface area contributed by atoms with Gasteiger partial charge in [0.1, 0.15) is 11.5 Å². The van der Waals surface area contributed by atoms with Crippen molar-refractivity contribution in [3.05, 3.63) is 80.0 Å².